The van der Waals surface area contributed by atoms with Gasteiger partial charge >= 0.3 is 5.97 Å². The number of anilines is 1. The van der Waals surface area contributed by atoms with Crippen molar-refractivity contribution in [1.82, 2.24) is 4.90 Å². The number of amides is 2. The Balaban J connectivity index is 1.84. The summed E-state index contributed by atoms with van der Waals surface area (Å²) in [6, 6.07) is 6.99. The summed E-state index contributed by atoms with van der Waals surface area (Å²) < 4.78 is 0. The summed E-state index contributed by atoms with van der Waals surface area (Å²) in [5.74, 6) is -1.03. The first kappa shape index (κ1) is 14.6. The molecule has 1 aromatic carbocycles. The van der Waals surface area contributed by atoms with Gasteiger partial charge in [0.2, 0.25) is 11.8 Å². The van der Waals surface area contributed by atoms with E-state index in [0.717, 1.165) is 12.0 Å². The van der Waals surface area contributed by atoms with Crippen LogP contribution in [0, 0.1) is 0 Å². The zero-order valence-electron chi connectivity index (χ0n) is 12.4. The molecule has 0 atom stereocenters. The van der Waals surface area contributed by atoms with Gasteiger partial charge in [0.05, 0.1) is 12.0 Å². The number of aliphatic carboxylic acids is 1. The van der Waals surface area contributed by atoms with Crippen LogP contribution in [-0.4, -0.2) is 47.9 Å². The third kappa shape index (κ3) is 2.15. The molecule has 0 unspecified atom stereocenters. The Kier molecular flexibility index (Phi) is 3.39. The number of carbonyl (C=O) groups is 3. The molecule has 22 heavy (non-hydrogen) atoms. The van der Waals surface area contributed by atoms with Crippen LogP contribution in [0.1, 0.15) is 24.8 Å². The molecule has 1 aliphatic carbocycles. The fraction of sp³-hybridized carbons (Fsp3) is 0.438. The molecule has 1 N–H and O–H groups in total. The number of rotatable bonds is 3. The summed E-state index contributed by atoms with van der Waals surface area (Å²) in [7, 11) is 1.61. The Morgan fingerprint density at radius 2 is 1.73 bits per heavy atom. The van der Waals surface area contributed by atoms with Crippen molar-refractivity contribution in [2.75, 3.05) is 25.0 Å². The van der Waals surface area contributed by atoms with Crippen LogP contribution >= 0.6 is 0 Å². The molecule has 1 saturated carbocycles. The molecule has 116 valence electrons. The normalized spacial score (nSPS) is 20.8. The zero-order chi connectivity index (χ0) is 15.9. The van der Waals surface area contributed by atoms with Gasteiger partial charge in [-0.2, -0.15) is 0 Å². The highest BCUT2D eigenvalue weighted by Gasteiger charge is 2.45. The van der Waals surface area contributed by atoms with Gasteiger partial charge in [-0.15, -0.1) is 0 Å². The lowest BCUT2D eigenvalue weighted by Crippen LogP contribution is -2.52. The molecule has 2 fully saturated rings. The number of likely N-dealkylation sites (N-methyl/N-ethyl adjacent to an activating group) is 1. The van der Waals surface area contributed by atoms with E-state index in [1.165, 1.54) is 9.80 Å². The molecule has 1 aliphatic heterocycles. The number of carbonyl (C=O) groups excluding carboxylic acids is 2. The first-order valence-electron chi connectivity index (χ1n) is 7.32. The maximum absolute atomic E-state index is 12.0. The summed E-state index contributed by atoms with van der Waals surface area (Å²) in [6.45, 7) is 0.0956. The lowest BCUT2D eigenvalue weighted by molar-refractivity contribution is -0.147. The second-order valence-electron chi connectivity index (χ2n) is 6.02. The van der Waals surface area contributed by atoms with E-state index in [-0.39, 0.29) is 24.9 Å². The van der Waals surface area contributed by atoms with Gasteiger partial charge in [0.15, 0.2) is 0 Å². The molecule has 3 rings (SSSR count). The van der Waals surface area contributed by atoms with Crippen LogP contribution in [0.15, 0.2) is 24.3 Å². The Labute approximate surface area is 128 Å². The van der Waals surface area contributed by atoms with Gasteiger partial charge in [0, 0.05) is 12.7 Å². The van der Waals surface area contributed by atoms with E-state index in [1.54, 1.807) is 31.3 Å². The Morgan fingerprint density at radius 1 is 1.09 bits per heavy atom. The predicted octanol–water partition coefficient (Wildman–Crippen LogP) is 0.998. The third-order valence-corrected chi connectivity index (χ3v) is 4.74. The molecular formula is C16H18N2O4. The van der Waals surface area contributed by atoms with Crippen molar-refractivity contribution in [3.8, 4) is 0 Å². The fourth-order valence-electron chi connectivity index (χ4n) is 3.07. The first-order valence-corrected chi connectivity index (χ1v) is 7.32. The Hall–Kier alpha value is -2.37. The standard InChI is InChI=1S/C16H18N2O4/c1-17-9-14(20)18(10-13(17)19)12-5-3-11(4-6-12)16(15(21)22)7-2-8-16/h3-6H,2,7-10H2,1H3,(H,21,22). The van der Waals surface area contributed by atoms with Crippen LogP contribution < -0.4 is 4.90 Å². The van der Waals surface area contributed by atoms with E-state index in [2.05, 4.69) is 0 Å². The fourth-order valence-corrected chi connectivity index (χ4v) is 3.07. The maximum Gasteiger partial charge on any atom is 0.314 e. The highest BCUT2D eigenvalue weighted by Crippen LogP contribution is 2.44. The lowest BCUT2D eigenvalue weighted by atomic mass is 9.64. The second-order valence-corrected chi connectivity index (χ2v) is 6.02. The van der Waals surface area contributed by atoms with Gasteiger partial charge < -0.3 is 14.9 Å². The highest BCUT2D eigenvalue weighted by atomic mass is 16.4. The highest BCUT2D eigenvalue weighted by molar-refractivity contribution is 6.04. The van der Waals surface area contributed by atoms with Crippen molar-refractivity contribution in [2.24, 2.45) is 0 Å². The van der Waals surface area contributed by atoms with Crippen LogP contribution in [0.2, 0.25) is 0 Å². The molecule has 6 heteroatoms. The quantitative estimate of drug-likeness (QED) is 0.903. The number of hydrogen-bond donors (Lipinski definition) is 1. The van der Waals surface area contributed by atoms with Gasteiger partial charge in [0.25, 0.3) is 0 Å². The predicted molar refractivity (Wildman–Crippen MR) is 79.6 cm³/mol. The molecule has 2 amide bonds. The minimum atomic E-state index is -0.794. The van der Waals surface area contributed by atoms with Gasteiger partial charge in [-0.1, -0.05) is 18.6 Å². The number of piperazine rings is 1. The van der Waals surface area contributed by atoms with E-state index in [1.807, 2.05) is 0 Å². The molecule has 2 aliphatic rings. The van der Waals surface area contributed by atoms with Crippen LogP contribution in [0.5, 0.6) is 0 Å². The van der Waals surface area contributed by atoms with Crippen molar-refractivity contribution in [3.63, 3.8) is 0 Å². The average Bonchev–Trinajstić information content (AvgIpc) is 2.42. The number of nitrogens with zero attached hydrogens (tertiary/aromatic N) is 2. The van der Waals surface area contributed by atoms with E-state index < -0.39 is 11.4 Å². The number of hydrogen-bond acceptors (Lipinski definition) is 3. The molecule has 1 saturated heterocycles. The summed E-state index contributed by atoms with van der Waals surface area (Å²) in [4.78, 5) is 38.2. The largest absolute Gasteiger partial charge is 0.481 e. The lowest BCUT2D eigenvalue weighted by Gasteiger charge is -2.38. The van der Waals surface area contributed by atoms with Gasteiger partial charge in [-0.3, -0.25) is 14.4 Å². The number of benzene rings is 1. The molecule has 1 aromatic rings. The summed E-state index contributed by atoms with van der Waals surface area (Å²) >= 11 is 0. The molecule has 6 nitrogen and oxygen atoms in total. The smallest absolute Gasteiger partial charge is 0.314 e. The van der Waals surface area contributed by atoms with Gasteiger partial charge in [0.1, 0.15) is 6.54 Å². The minimum absolute atomic E-state index is 0.0265. The Morgan fingerprint density at radius 3 is 2.23 bits per heavy atom. The van der Waals surface area contributed by atoms with Crippen LogP contribution in [0.4, 0.5) is 5.69 Å². The van der Waals surface area contributed by atoms with Crippen molar-refractivity contribution in [3.05, 3.63) is 29.8 Å². The number of carboxylic acid groups (broad SMARTS) is 1. The van der Waals surface area contributed by atoms with Crippen LogP contribution in [-0.2, 0) is 19.8 Å². The summed E-state index contributed by atoms with van der Waals surface area (Å²) in [6.07, 6.45) is 2.21. The van der Waals surface area contributed by atoms with Gasteiger partial charge in [-0.25, -0.2) is 0 Å². The van der Waals surface area contributed by atoms with Crippen LogP contribution in [0.25, 0.3) is 0 Å². The zero-order valence-corrected chi connectivity index (χ0v) is 12.4. The van der Waals surface area contributed by atoms with E-state index >= 15 is 0 Å². The molecule has 0 radical (unpaired) electrons. The third-order valence-electron chi connectivity index (χ3n) is 4.74. The summed E-state index contributed by atoms with van der Waals surface area (Å²) in [5.41, 5.74) is 0.624. The van der Waals surface area contributed by atoms with Crippen molar-refractivity contribution < 1.29 is 19.5 Å². The van der Waals surface area contributed by atoms with Crippen molar-refractivity contribution in [1.29, 1.82) is 0 Å². The minimum Gasteiger partial charge on any atom is -0.481 e. The molecule has 0 bridgehead atoms. The van der Waals surface area contributed by atoms with Crippen molar-refractivity contribution >= 4 is 23.5 Å². The second kappa shape index (κ2) is 5.12. The molecule has 1 heterocycles. The SMILES string of the molecule is CN1CC(=O)N(c2ccc(C3(C(=O)O)CCC3)cc2)CC1=O. The first-order chi connectivity index (χ1) is 10.4. The topological polar surface area (TPSA) is 77.9 Å². The van der Waals surface area contributed by atoms with E-state index in [4.69, 9.17) is 0 Å². The van der Waals surface area contributed by atoms with E-state index in [9.17, 15) is 19.5 Å². The van der Waals surface area contributed by atoms with Gasteiger partial charge in [-0.05, 0) is 30.5 Å². The van der Waals surface area contributed by atoms with Crippen molar-refractivity contribution in [2.45, 2.75) is 24.7 Å². The summed E-state index contributed by atoms with van der Waals surface area (Å²) in [5, 5.41) is 9.45. The van der Waals surface area contributed by atoms with Crippen LogP contribution in [0.3, 0.4) is 0 Å². The molecule has 0 aromatic heterocycles. The Bertz CT molecular complexity index is 634. The molecular weight excluding hydrogens is 284 g/mol. The maximum atomic E-state index is 12.0. The number of carboxylic acids is 1. The van der Waals surface area contributed by atoms with E-state index in [0.29, 0.717) is 18.5 Å². The monoisotopic (exact) mass is 302 g/mol. The average molecular weight is 302 g/mol. The molecule has 0 spiro atoms.